The van der Waals surface area contributed by atoms with Gasteiger partial charge >= 0.3 is 0 Å². The first-order valence-corrected chi connectivity index (χ1v) is 5.04. The summed E-state index contributed by atoms with van der Waals surface area (Å²) < 4.78 is 0. The van der Waals surface area contributed by atoms with Gasteiger partial charge in [-0.2, -0.15) is 5.26 Å². The Morgan fingerprint density at radius 3 is 2.07 bits per heavy atom. The SMILES string of the molecule is Cc1cc(C)cc(C(O)C(C)(C)C#N)c1. The van der Waals surface area contributed by atoms with E-state index < -0.39 is 11.5 Å². The van der Waals surface area contributed by atoms with E-state index in [0.29, 0.717) is 0 Å². The topological polar surface area (TPSA) is 44.0 Å². The van der Waals surface area contributed by atoms with Crippen LogP contribution in [0.25, 0.3) is 0 Å². The smallest absolute Gasteiger partial charge is 0.0971 e. The Kier molecular flexibility index (Phi) is 3.16. The molecule has 0 aliphatic rings. The molecule has 0 aromatic heterocycles. The second kappa shape index (κ2) is 4.04. The molecule has 0 aliphatic carbocycles. The highest BCUT2D eigenvalue weighted by atomic mass is 16.3. The quantitative estimate of drug-likeness (QED) is 0.803. The number of aliphatic hydroxyl groups is 1. The van der Waals surface area contributed by atoms with Gasteiger partial charge in [0.05, 0.1) is 17.6 Å². The Balaban J connectivity index is 3.13. The van der Waals surface area contributed by atoms with Gasteiger partial charge in [-0.3, -0.25) is 0 Å². The van der Waals surface area contributed by atoms with Crippen molar-refractivity contribution in [3.63, 3.8) is 0 Å². The molecule has 0 saturated heterocycles. The Morgan fingerprint density at radius 1 is 1.20 bits per heavy atom. The maximum absolute atomic E-state index is 10.1. The van der Waals surface area contributed by atoms with Gasteiger partial charge in [-0.1, -0.05) is 29.3 Å². The average molecular weight is 203 g/mol. The molecule has 1 aromatic carbocycles. The fourth-order valence-corrected chi connectivity index (χ4v) is 1.65. The van der Waals surface area contributed by atoms with Crippen LogP contribution in [0.15, 0.2) is 18.2 Å². The van der Waals surface area contributed by atoms with Crippen LogP contribution in [-0.2, 0) is 0 Å². The van der Waals surface area contributed by atoms with Gasteiger partial charge in [0.1, 0.15) is 0 Å². The summed E-state index contributed by atoms with van der Waals surface area (Å²) in [7, 11) is 0. The Hall–Kier alpha value is -1.33. The van der Waals surface area contributed by atoms with Crippen molar-refractivity contribution in [2.75, 3.05) is 0 Å². The third kappa shape index (κ3) is 2.57. The predicted octanol–water partition coefficient (Wildman–Crippen LogP) is 2.89. The van der Waals surface area contributed by atoms with Crippen LogP contribution in [0.1, 0.15) is 36.6 Å². The molecule has 0 spiro atoms. The highest BCUT2D eigenvalue weighted by Crippen LogP contribution is 2.33. The number of rotatable bonds is 2. The van der Waals surface area contributed by atoms with E-state index in [1.54, 1.807) is 13.8 Å². The lowest BCUT2D eigenvalue weighted by Crippen LogP contribution is -2.20. The summed E-state index contributed by atoms with van der Waals surface area (Å²) in [5, 5.41) is 19.0. The van der Waals surface area contributed by atoms with Crippen molar-refractivity contribution in [2.24, 2.45) is 5.41 Å². The van der Waals surface area contributed by atoms with Crippen LogP contribution < -0.4 is 0 Å². The van der Waals surface area contributed by atoms with Crippen LogP contribution in [0.4, 0.5) is 0 Å². The fraction of sp³-hybridized carbons (Fsp3) is 0.462. The van der Waals surface area contributed by atoms with Gasteiger partial charge in [0.15, 0.2) is 0 Å². The van der Waals surface area contributed by atoms with Crippen molar-refractivity contribution in [3.05, 3.63) is 34.9 Å². The lowest BCUT2D eigenvalue weighted by atomic mass is 9.83. The van der Waals surface area contributed by atoms with E-state index in [2.05, 4.69) is 12.1 Å². The molecule has 2 nitrogen and oxygen atoms in total. The maximum Gasteiger partial charge on any atom is 0.0971 e. The van der Waals surface area contributed by atoms with E-state index in [1.165, 1.54) is 0 Å². The second-order valence-corrected chi connectivity index (χ2v) is 4.66. The van der Waals surface area contributed by atoms with Crippen LogP contribution in [0, 0.1) is 30.6 Å². The van der Waals surface area contributed by atoms with Gasteiger partial charge in [-0.05, 0) is 33.3 Å². The number of aliphatic hydroxyl groups excluding tert-OH is 1. The van der Waals surface area contributed by atoms with Crippen LogP contribution in [0.2, 0.25) is 0 Å². The van der Waals surface area contributed by atoms with Gasteiger partial charge in [0, 0.05) is 0 Å². The lowest BCUT2D eigenvalue weighted by molar-refractivity contribution is 0.0867. The first-order valence-electron chi connectivity index (χ1n) is 5.04. The molecule has 0 aliphatic heterocycles. The molecule has 1 rings (SSSR count). The number of nitriles is 1. The fourth-order valence-electron chi connectivity index (χ4n) is 1.65. The van der Waals surface area contributed by atoms with Crippen LogP contribution in [0.3, 0.4) is 0 Å². The summed E-state index contributed by atoms with van der Waals surface area (Å²) >= 11 is 0. The number of benzene rings is 1. The summed E-state index contributed by atoms with van der Waals surface area (Å²) in [5.74, 6) is 0. The van der Waals surface area contributed by atoms with Crippen molar-refractivity contribution in [1.82, 2.24) is 0 Å². The minimum Gasteiger partial charge on any atom is -0.387 e. The third-order valence-electron chi connectivity index (χ3n) is 2.53. The van der Waals surface area contributed by atoms with Gasteiger partial charge in [-0.15, -0.1) is 0 Å². The van der Waals surface area contributed by atoms with Crippen molar-refractivity contribution >= 4 is 0 Å². The lowest BCUT2D eigenvalue weighted by Gasteiger charge is -2.23. The summed E-state index contributed by atoms with van der Waals surface area (Å²) in [6.07, 6.45) is -0.735. The third-order valence-corrected chi connectivity index (χ3v) is 2.53. The predicted molar refractivity (Wildman–Crippen MR) is 60.3 cm³/mol. The summed E-state index contributed by atoms with van der Waals surface area (Å²) in [6, 6.07) is 8.03. The Bertz CT molecular complexity index is 381. The van der Waals surface area contributed by atoms with E-state index in [4.69, 9.17) is 5.26 Å². The van der Waals surface area contributed by atoms with Crippen LogP contribution >= 0.6 is 0 Å². The van der Waals surface area contributed by atoms with E-state index in [-0.39, 0.29) is 0 Å². The van der Waals surface area contributed by atoms with Crippen molar-refractivity contribution < 1.29 is 5.11 Å². The van der Waals surface area contributed by atoms with Gasteiger partial charge in [0.2, 0.25) is 0 Å². The minimum absolute atomic E-state index is 0.735. The molecule has 0 saturated carbocycles. The summed E-state index contributed by atoms with van der Waals surface area (Å²) in [4.78, 5) is 0. The number of aryl methyl sites for hydroxylation is 2. The Morgan fingerprint density at radius 2 is 1.67 bits per heavy atom. The first-order chi connectivity index (χ1) is 6.86. The molecule has 1 aromatic rings. The molecule has 1 atom stereocenters. The number of hydrogen-bond donors (Lipinski definition) is 1. The molecule has 0 bridgehead atoms. The molecule has 0 amide bonds. The minimum atomic E-state index is -0.750. The highest BCUT2D eigenvalue weighted by Gasteiger charge is 2.29. The molecule has 1 unspecified atom stereocenters. The molecule has 0 radical (unpaired) electrons. The van der Waals surface area contributed by atoms with Crippen LogP contribution in [-0.4, -0.2) is 5.11 Å². The molecule has 2 heteroatoms. The zero-order valence-corrected chi connectivity index (χ0v) is 9.70. The van der Waals surface area contributed by atoms with Crippen LogP contribution in [0.5, 0.6) is 0 Å². The van der Waals surface area contributed by atoms with Gasteiger partial charge in [0.25, 0.3) is 0 Å². The van der Waals surface area contributed by atoms with Crippen molar-refractivity contribution in [1.29, 1.82) is 5.26 Å². The molecule has 0 heterocycles. The summed E-state index contributed by atoms with van der Waals surface area (Å²) in [6.45, 7) is 7.47. The molecule has 15 heavy (non-hydrogen) atoms. The zero-order valence-electron chi connectivity index (χ0n) is 9.70. The normalized spacial score (nSPS) is 13.3. The monoisotopic (exact) mass is 203 g/mol. The largest absolute Gasteiger partial charge is 0.387 e. The molecular formula is C13H17NO. The maximum atomic E-state index is 10.1. The van der Waals surface area contributed by atoms with E-state index in [1.807, 2.05) is 26.0 Å². The van der Waals surface area contributed by atoms with Gasteiger partial charge < -0.3 is 5.11 Å². The molecule has 0 fully saturated rings. The van der Waals surface area contributed by atoms with Crippen molar-refractivity contribution in [3.8, 4) is 6.07 Å². The second-order valence-electron chi connectivity index (χ2n) is 4.66. The summed E-state index contributed by atoms with van der Waals surface area (Å²) in [5.41, 5.74) is 2.29. The first kappa shape index (κ1) is 11.7. The average Bonchev–Trinajstić information content (AvgIpc) is 2.15. The Labute approximate surface area is 91.2 Å². The number of nitrogens with zero attached hydrogens (tertiary/aromatic N) is 1. The molecule has 1 N–H and O–H groups in total. The molecular weight excluding hydrogens is 186 g/mol. The highest BCUT2D eigenvalue weighted by molar-refractivity contribution is 5.31. The van der Waals surface area contributed by atoms with E-state index in [0.717, 1.165) is 16.7 Å². The van der Waals surface area contributed by atoms with E-state index >= 15 is 0 Å². The van der Waals surface area contributed by atoms with Gasteiger partial charge in [-0.25, -0.2) is 0 Å². The number of hydrogen-bond acceptors (Lipinski definition) is 2. The van der Waals surface area contributed by atoms with Crippen molar-refractivity contribution in [2.45, 2.75) is 33.8 Å². The van der Waals surface area contributed by atoms with E-state index in [9.17, 15) is 5.11 Å². The zero-order chi connectivity index (χ0) is 11.6. The molecule has 80 valence electrons. The standard InChI is InChI=1S/C13H17NO/c1-9-5-10(2)7-11(6-9)12(15)13(3,4)8-14/h5-7,12,15H,1-4H3.